The Bertz CT molecular complexity index is 1410. The number of carbonyl (C=O) groups excluding carboxylic acids is 2. The van der Waals surface area contributed by atoms with Gasteiger partial charge in [-0.3, -0.25) is 14.1 Å². The highest BCUT2D eigenvalue weighted by Crippen LogP contribution is 2.47. The second-order valence-electron chi connectivity index (χ2n) is 9.47. The lowest BCUT2D eigenvalue weighted by Crippen LogP contribution is -2.32. The fraction of sp³-hybridized carbons (Fsp3) is 0.310. The zero-order valence-electron chi connectivity index (χ0n) is 22.8. The molecule has 2 amide bonds. The van der Waals surface area contributed by atoms with Gasteiger partial charge in [-0.15, -0.1) is 0 Å². The van der Waals surface area contributed by atoms with Crippen LogP contribution in [0.3, 0.4) is 0 Å². The van der Waals surface area contributed by atoms with E-state index in [1.54, 1.807) is 60.4 Å². The summed E-state index contributed by atoms with van der Waals surface area (Å²) in [4.78, 5) is 46.6. The maximum atomic E-state index is 13.6. The van der Waals surface area contributed by atoms with Crippen LogP contribution in [-0.2, 0) is 9.09 Å². The molecule has 0 radical (unpaired) electrons. The molecule has 5 N–H and O–H groups in total. The molecule has 9 nitrogen and oxygen atoms in total. The fourth-order valence-electron chi connectivity index (χ4n) is 4.38. The summed E-state index contributed by atoms with van der Waals surface area (Å²) >= 11 is 6.16. The molecule has 3 aromatic carbocycles. The van der Waals surface area contributed by atoms with Crippen molar-refractivity contribution in [1.82, 2.24) is 0 Å². The first-order valence-electron chi connectivity index (χ1n) is 13.0. The number of hydrogen-bond donors (Lipinski definition) is 4. The summed E-state index contributed by atoms with van der Waals surface area (Å²) in [5.41, 5.74) is 9.06. The van der Waals surface area contributed by atoms with Gasteiger partial charge in [0.05, 0.1) is 6.10 Å². The Labute approximate surface area is 239 Å². The van der Waals surface area contributed by atoms with Crippen LogP contribution in [0.4, 0.5) is 11.4 Å². The normalized spacial score (nSPS) is 14.9. The quantitative estimate of drug-likeness (QED) is 0.253. The third-order valence-corrected chi connectivity index (χ3v) is 7.14. The average molecular weight is 588 g/mol. The lowest BCUT2D eigenvalue weighted by atomic mass is 10.0. The predicted molar refractivity (Wildman–Crippen MR) is 158 cm³/mol. The summed E-state index contributed by atoms with van der Waals surface area (Å²) in [6.45, 7) is 6.86. The number of rotatable bonds is 6. The van der Waals surface area contributed by atoms with E-state index in [-0.39, 0.29) is 11.8 Å². The standard InChI is InChI=1S/C26H26ClN2O6P.C3H9N/c1-16-6-3-4-7-20(16)25(30)28-19-10-11-21(17(2)14-19)26(31)29-13-5-8-24(35-36(32,33)34)22-15-18(27)9-12-23(22)29;1-2-3-4/h3-4,6-7,9-12,14-15,24H,5,8,13H2,1-2H3,(H,28,30)(H2,32,33,34);2-4H2,1H3. The van der Waals surface area contributed by atoms with Crippen LogP contribution < -0.4 is 16.0 Å². The molecule has 1 aliphatic rings. The van der Waals surface area contributed by atoms with E-state index in [0.29, 0.717) is 58.0 Å². The molecule has 3 aromatic rings. The minimum absolute atomic E-state index is 0.235. The van der Waals surface area contributed by atoms with Gasteiger partial charge in [-0.1, -0.05) is 36.7 Å². The number of amides is 2. The molecule has 0 bridgehead atoms. The van der Waals surface area contributed by atoms with Crippen molar-refractivity contribution in [2.45, 2.75) is 46.1 Å². The molecule has 0 aliphatic carbocycles. The zero-order chi connectivity index (χ0) is 29.4. The lowest BCUT2D eigenvalue weighted by molar-refractivity contribution is 0.0984. The van der Waals surface area contributed by atoms with Gasteiger partial charge in [-0.25, -0.2) is 4.57 Å². The smallest absolute Gasteiger partial charge is 0.330 e. The molecule has 1 atom stereocenters. The van der Waals surface area contributed by atoms with Crippen LogP contribution in [0.15, 0.2) is 60.7 Å². The first kappa shape index (κ1) is 31.5. The van der Waals surface area contributed by atoms with Gasteiger partial charge in [0.25, 0.3) is 11.8 Å². The Morgan fingerprint density at radius 1 is 1.07 bits per heavy atom. The highest BCUT2D eigenvalue weighted by molar-refractivity contribution is 7.46. The summed E-state index contributed by atoms with van der Waals surface area (Å²) in [5.74, 6) is -0.509. The van der Waals surface area contributed by atoms with Gasteiger partial charge >= 0.3 is 7.82 Å². The molecular formula is C29H35ClN3O6P. The van der Waals surface area contributed by atoms with E-state index in [0.717, 1.165) is 18.5 Å². The minimum atomic E-state index is -4.76. The Kier molecular flexibility index (Phi) is 11.0. The number of nitrogens with zero attached hydrogens (tertiary/aromatic N) is 1. The first-order valence-corrected chi connectivity index (χ1v) is 14.9. The van der Waals surface area contributed by atoms with Gasteiger partial charge in [-0.05, 0) is 93.2 Å². The molecular weight excluding hydrogens is 553 g/mol. The molecule has 214 valence electrons. The summed E-state index contributed by atoms with van der Waals surface area (Å²) < 4.78 is 16.6. The molecule has 0 saturated heterocycles. The van der Waals surface area contributed by atoms with E-state index in [2.05, 4.69) is 12.2 Å². The van der Waals surface area contributed by atoms with Crippen LogP contribution in [0.1, 0.15) is 69.7 Å². The number of phosphoric ester groups is 1. The fourth-order valence-corrected chi connectivity index (χ4v) is 5.11. The first-order chi connectivity index (χ1) is 18.9. The second-order valence-corrected chi connectivity index (χ2v) is 11.1. The van der Waals surface area contributed by atoms with Crippen molar-refractivity contribution >= 4 is 42.6 Å². The van der Waals surface area contributed by atoms with Crippen molar-refractivity contribution in [2.75, 3.05) is 23.3 Å². The summed E-state index contributed by atoms with van der Waals surface area (Å²) in [6.07, 6.45) is 0.967. The van der Waals surface area contributed by atoms with Crippen LogP contribution in [0.2, 0.25) is 5.02 Å². The SMILES string of the molecule is CCCN.Cc1ccccc1C(=O)Nc1ccc(C(=O)N2CCCC(OP(=O)(O)O)c3cc(Cl)ccc32)c(C)c1. The van der Waals surface area contributed by atoms with Gasteiger partial charge in [0.1, 0.15) is 0 Å². The number of phosphoric acid groups is 1. The number of hydrogen-bond acceptors (Lipinski definition) is 5. The van der Waals surface area contributed by atoms with Gasteiger partial charge in [0.15, 0.2) is 0 Å². The lowest BCUT2D eigenvalue weighted by Gasteiger charge is -2.25. The largest absolute Gasteiger partial charge is 0.470 e. The van der Waals surface area contributed by atoms with E-state index in [9.17, 15) is 23.9 Å². The van der Waals surface area contributed by atoms with E-state index >= 15 is 0 Å². The topological polar surface area (TPSA) is 142 Å². The van der Waals surface area contributed by atoms with E-state index in [1.165, 1.54) is 0 Å². The molecule has 1 unspecified atom stereocenters. The molecule has 40 heavy (non-hydrogen) atoms. The molecule has 0 aromatic heterocycles. The van der Waals surface area contributed by atoms with Gasteiger partial charge in [0.2, 0.25) is 0 Å². The highest BCUT2D eigenvalue weighted by Gasteiger charge is 2.32. The second kappa shape index (κ2) is 14.0. The number of halogens is 1. The van der Waals surface area contributed by atoms with Crippen LogP contribution >= 0.6 is 19.4 Å². The van der Waals surface area contributed by atoms with Gasteiger partial charge in [0, 0.05) is 39.6 Å². The van der Waals surface area contributed by atoms with E-state index in [4.69, 9.17) is 21.9 Å². The van der Waals surface area contributed by atoms with Crippen molar-refractivity contribution in [3.63, 3.8) is 0 Å². The molecule has 11 heteroatoms. The Hall–Kier alpha value is -3.04. The number of nitrogens with one attached hydrogen (secondary N) is 1. The number of carbonyl (C=O) groups is 2. The highest BCUT2D eigenvalue weighted by atomic mass is 35.5. The minimum Gasteiger partial charge on any atom is -0.330 e. The molecule has 4 rings (SSSR count). The van der Waals surface area contributed by atoms with E-state index < -0.39 is 13.9 Å². The Balaban J connectivity index is 0.00000103. The molecule has 0 spiro atoms. The molecule has 0 saturated carbocycles. The maximum absolute atomic E-state index is 13.6. The number of nitrogens with two attached hydrogens (primary N) is 1. The number of benzene rings is 3. The van der Waals surface area contributed by atoms with Crippen molar-refractivity contribution in [1.29, 1.82) is 0 Å². The molecule has 1 aliphatic heterocycles. The van der Waals surface area contributed by atoms with Crippen molar-refractivity contribution < 1.29 is 28.5 Å². The maximum Gasteiger partial charge on any atom is 0.470 e. The summed E-state index contributed by atoms with van der Waals surface area (Å²) in [6, 6.07) is 17.2. The number of anilines is 2. The monoisotopic (exact) mass is 587 g/mol. The van der Waals surface area contributed by atoms with Crippen LogP contribution in [-0.4, -0.2) is 34.7 Å². The van der Waals surface area contributed by atoms with Crippen molar-refractivity contribution in [2.24, 2.45) is 5.73 Å². The number of aryl methyl sites for hydroxylation is 2. The summed E-state index contributed by atoms with van der Waals surface area (Å²) in [5, 5.41) is 3.24. The van der Waals surface area contributed by atoms with Crippen LogP contribution in [0.5, 0.6) is 0 Å². The van der Waals surface area contributed by atoms with Crippen molar-refractivity contribution in [3.05, 3.63) is 93.5 Å². The van der Waals surface area contributed by atoms with E-state index in [1.807, 2.05) is 19.1 Å². The molecule has 1 heterocycles. The molecule has 0 fully saturated rings. The average Bonchev–Trinajstić information content (AvgIpc) is 3.06. The Morgan fingerprint density at radius 2 is 1.77 bits per heavy atom. The third kappa shape index (κ3) is 8.24. The third-order valence-electron chi connectivity index (χ3n) is 6.38. The van der Waals surface area contributed by atoms with Gasteiger partial charge < -0.3 is 25.7 Å². The Morgan fingerprint density at radius 3 is 2.40 bits per heavy atom. The van der Waals surface area contributed by atoms with Crippen molar-refractivity contribution in [3.8, 4) is 0 Å². The predicted octanol–water partition coefficient (Wildman–Crippen LogP) is 6.16. The van der Waals surface area contributed by atoms with Crippen LogP contribution in [0, 0.1) is 13.8 Å². The zero-order valence-corrected chi connectivity index (χ0v) is 24.4. The van der Waals surface area contributed by atoms with Gasteiger partial charge in [-0.2, -0.15) is 0 Å². The number of fused-ring (bicyclic) bond motifs is 1. The summed E-state index contributed by atoms with van der Waals surface area (Å²) in [7, 11) is -4.76. The van der Waals surface area contributed by atoms with Crippen LogP contribution in [0.25, 0.3) is 0 Å².